The number of hydrogen-bond acceptors (Lipinski definition) is 5. The summed E-state index contributed by atoms with van der Waals surface area (Å²) in [4.78, 5) is 6.85. The van der Waals surface area contributed by atoms with Gasteiger partial charge in [0, 0.05) is 51.7 Å². The SMILES string of the molecule is COc1ccc(S(=O)(=O)N2CCN(CCn3ccnc3C)CC2)cc1C. The molecule has 0 radical (unpaired) electrons. The molecule has 2 aromatic rings. The van der Waals surface area contributed by atoms with Gasteiger partial charge in [0.15, 0.2) is 0 Å². The second kappa shape index (κ2) is 7.77. The Labute approximate surface area is 155 Å². The summed E-state index contributed by atoms with van der Waals surface area (Å²) >= 11 is 0. The normalized spacial score (nSPS) is 16.7. The van der Waals surface area contributed by atoms with Crippen LogP contribution in [-0.4, -0.2) is 67.0 Å². The lowest BCUT2D eigenvalue weighted by molar-refractivity contribution is 0.182. The van der Waals surface area contributed by atoms with Crippen LogP contribution in [0.25, 0.3) is 0 Å². The molecule has 0 spiro atoms. The largest absolute Gasteiger partial charge is 0.496 e. The fourth-order valence-electron chi connectivity index (χ4n) is 3.24. The maximum absolute atomic E-state index is 12.9. The summed E-state index contributed by atoms with van der Waals surface area (Å²) in [6.07, 6.45) is 3.78. The summed E-state index contributed by atoms with van der Waals surface area (Å²) in [5.74, 6) is 1.70. The Balaban J connectivity index is 1.60. The smallest absolute Gasteiger partial charge is 0.243 e. The number of aromatic nitrogens is 2. The van der Waals surface area contributed by atoms with Gasteiger partial charge in [-0.1, -0.05) is 0 Å². The van der Waals surface area contributed by atoms with Gasteiger partial charge >= 0.3 is 0 Å². The average Bonchev–Trinajstić information content (AvgIpc) is 3.05. The molecular formula is C18H26N4O3S. The maximum atomic E-state index is 12.9. The van der Waals surface area contributed by atoms with Gasteiger partial charge in [-0.3, -0.25) is 4.90 Å². The first-order chi connectivity index (χ1) is 12.4. The monoisotopic (exact) mass is 378 g/mol. The fraction of sp³-hybridized carbons (Fsp3) is 0.500. The highest BCUT2D eigenvalue weighted by Crippen LogP contribution is 2.24. The minimum Gasteiger partial charge on any atom is -0.496 e. The lowest BCUT2D eigenvalue weighted by atomic mass is 10.2. The first-order valence-electron chi connectivity index (χ1n) is 8.76. The van der Waals surface area contributed by atoms with E-state index in [1.54, 1.807) is 35.8 Å². The molecular weight excluding hydrogens is 352 g/mol. The van der Waals surface area contributed by atoms with E-state index in [-0.39, 0.29) is 0 Å². The maximum Gasteiger partial charge on any atom is 0.243 e. The number of piperazine rings is 1. The molecule has 0 N–H and O–H groups in total. The Kier molecular flexibility index (Phi) is 5.64. The standard InChI is InChI=1S/C18H26N4O3S/c1-15-14-17(4-5-18(15)25-3)26(23,24)22-12-9-20(10-13-22)8-11-21-7-6-19-16(21)2/h4-7,14H,8-13H2,1-3H3. The van der Waals surface area contributed by atoms with Gasteiger partial charge in [-0.2, -0.15) is 4.31 Å². The molecule has 2 heterocycles. The van der Waals surface area contributed by atoms with Crippen molar-refractivity contribution in [2.24, 2.45) is 0 Å². The lowest BCUT2D eigenvalue weighted by Crippen LogP contribution is -2.49. The van der Waals surface area contributed by atoms with Crippen LogP contribution in [0, 0.1) is 13.8 Å². The molecule has 0 atom stereocenters. The predicted octanol–water partition coefficient (Wildman–Crippen LogP) is 1.52. The molecule has 7 nitrogen and oxygen atoms in total. The number of benzene rings is 1. The van der Waals surface area contributed by atoms with Crippen molar-refractivity contribution in [1.82, 2.24) is 18.8 Å². The Morgan fingerprint density at radius 2 is 1.85 bits per heavy atom. The zero-order valence-electron chi connectivity index (χ0n) is 15.6. The number of methoxy groups -OCH3 is 1. The van der Waals surface area contributed by atoms with Gasteiger partial charge in [0.25, 0.3) is 0 Å². The molecule has 0 aliphatic carbocycles. The number of imidazole rings is 1. The van der Waals surface area contributed by atoms with E-state index in [2.05, 4.69) is 14.5 Å². The van der Waals surface area contributed by atoms with Crippen LogP contribution in [0.15, 0.2) is 35.5 Å². The summed E-state index contributed by atoms with van der Waals surface area (Å²) in [6.45, 7) is 8.11. The van der Waals surface area contributed by atoms with Crippen molar-refractivity contribution in [2.75, 3.05) is 39.8 Å². The van der Waals surface area contributed by atoms with Crippen LogP contribution in [0.4, 0.5) is 0 Å². The Morgan fingerprint density at radius 3 is 2.42 bits per heavy atom. The van der Waals surface area contributed by atoms with Crippen LogP contribution in [0.1, 0.15) is 11.4 Å². The highest BCUT2D eigenvalue weighted by molar-refractivity contribution is 7.89. The first-order valence-corrected chi connectivity index (χ1v) is 10.2. The molecule has 26 heavy (non-hydrogen) atoms. The van der Waals surface area contributed by atoms with E-state index < -0.39 is 10.0 Å². The molecule has 1 aliphatic heterocycles. The minimum atomic E-state index is -3.46. The van der Waals surface area contributed by atoms with Crippen molar-refractivity contribution < 1.29 is 13.2 Å². The quantitative estimate of drug-likeness (QED) is 0.762. The van der Waals surface area contributed by atoms with E-state index in [0.29, 0.717) is 23.7 Å². The molecule has 0 amide bonds. The zero-order valence-corrected chi connectivity index (χ0v) is 16.4. The molecule has 0 saturated carbocycles. The number of rotatable bonds is 6. The Morgan fingerprint density at radius 1 is 1.12 bits per heavy atom. The summed E-state index contributed by atoms with van der Waals surface area (Å²) in [6, 6.07) is 5.02. The van der Waals surface area contributed by atoms with Crippen LogP contribution < -0.4 is 4.74 Å². The van der Waals surface area contributed by atoms with Gasteiger partial charge in [-0.25, -0.2) is 13.4 Å². The molecule has 1 aliphatic rings. The third-order valence-corrected chi connectivity index (χ3v) is 6.81. The van der Waals surface area contributed by atoms with Crippen LogP contribution in [-0.2, 0) is 16.6 Å². The van der Waals surface area contributed by atoms with Gasteiger partial charge in [0.05, 0.1) is 12.0 Å². The summed E-state index contributed by atoms with van der Waals surface area (Å²) < 4.78 is 34.7. The van der Waals surface area contributed by atoms with Crippen LogP contribution in [0.5, 0.6) is 5.75 Å². The molecule has 0 unspecified atom stereocenters. The van der Waals surface area contributed by atoms with Crippen molar-refractivity contribution >= 4 is 10.0 Å². The van der Waals surface area contributed by atoms with E-state index in [1.807, 2.05) is 20.0 Å². The van der Waals surface area contributed by atoms with Crippen LogP contribution in [0.3, 0.4) is 0 Å². The summed E-state index contributed by atoms with van der Waals surface area (Å²) in [5, 5.41) is 0. The number of hydrogen-bond donors (Lipinski definition) is 0. The fourth-order valence-corrected chi connectivity index (χ4v) is 4.75. The van der Waals surface area contributed by atoms with Crippen molar-refractivity contribution in [2.45, 2.75) is 25.3 Å². The average molecular weight is 378 g/mol. The van der Waals surface area contributed by atoms with Gasteiger partial charge < -0.3 is 9.30 Å². The van der Waals surface area contributed by atoms with Crippen molar-refractivity contribution in [3.8, 4) is 5.75 Å². The number of nitrogens with zero attached hydrogens (tertiary/aromatic N) is 4. The summed E-state index contributed by atoms with van der Waals surface area (Å²) in [5.41, 5.74) is 0.822. The number of aryl methyl sites for hydroxylation is 2. The van der Waals surface area contributed by atoms with Crippen LogP contribution in [0.2, 0.25) is 0 Å². The highest BCUT2D eigenvalue weighted by Gasteiger charge is 2.28. The highest BCUT2D eigenvalue weighted by atomic mass is 32.2. The van der Waals surface area contributed by atoms with Gasteiger partial charge in [0.1, 0.15) is 11.6 Å². The van der Waals surface area contributed by atoms with E-state index in [1.165, 1.54) is 0 Å². The molecule has 1 fully saturated rings. The number of sulfonamides is 1. The number of ether oxygens (including phenoxy) is 1. The zero-order chi connectivity index (χ0) is 18.7. The molecule has 8 heteroatoms. The van der Waals surface area contributed by atoms with E-state index in [0.717, 1.165) is 37.6 Å². The van der Waals surface area contributed by atoms with Crippen molar-refractivity contribution in [3.05, 3.63) is 42.0 Å². The third-order valence-electron chi connectivity index (χ3n) is 4.92. The van der Waals surface area contributed by atoms with E-state index >= 15 is 0 Å². The molecule has 3 rings (SSSR count). The molecule has 142 valence electrons. The second-order valence-corrected chi connectivity index (χ2v) is 8.48. The Hall–Kier alpha value is -1.90. The molecule has 0 bridgehead atoms. The predicted molar refractivity (Wildman–Crippen MR) is 99.9 cm³/mol. The van der Waals surface area contributed by atoms with Gasteiger partial charge in [-0.15, -0.1) is 0 Å². The first kappa shape index (κ1) is 18.9. The minimum absolute atomic E-state index is 0.332. The Bertz CT molecular complexity index is 855. The van der Waals surface area contributed by atoms with Crippen LogP contribution >= 0.6 is 0 Å². The second-order valence-electron chi connectivity index (χ2n) is 6.55. The van der Waals surface area contributed by atoms with Crippen molar-refractivity contribution in [3.63, 3.8) is 0 Å². The molecule has 1 saturated heterocycles. The van der Waals surface area contributed by atoms with Gasteiger partial charge in [0.2, 0.25) is 10.0 Å². The molecule has 1 aromatic heterocycles. The van der Waals surface area contributed by atoms with Crippen molar-refractivity contribution in [1.29, 1.82) is 0 Å². The van der Waals surface area contributed by atoms with E-state index in [4.69, 9.17) is 4.74 Å². The van der Waals surface area contributed by atoms with E-state index in [9.17, 15) is 8.42 Å². The topological polar surface area (TPSA) is 67.7 Å². The van der Waals surface area contributed by atoms with Gasteiger partial charge in [-0.05, 0) is 37.6 Å². The third kappa shape index (κ3) is 3.92. The lowest BCUT2D eigenvalue weighted by Gasteiger charge is -2.34. The summed E-state index contributed by atoms with van der Waals surface area (Å²) in [7, 11) is -1.88. The molecule has 1 aromatic carbocycles.